The topological polar surface area (TPSA) is 124 Å². The number of hydrogen-bond acceptors (Lipinski definition) is 8. The van der Waals surface area contributed by atoms with Crippen LogP contribution in [0.1, 0.15) is 38.8 Å². The van der Waals surface area contributed by atoms with Gasteiger partial charge in [0.25, 0.3) is 5.56 Å². The van der Waals surface area contributed by atoms with E-state index in [1.54, 1.807) is 36.1 Å². The Labute approximate surface area is 198 Å². The van der Waals surface area contributed by atoms with Gasteiger partial charge in [-0.1, -0.05) is 0 Å². The molecule has 1 atom stereocenters. The quantitative estimate of drug-likeness (QED) is 0.389. The first-order valence-electron chi connectivity index (χ1n) is 11.7. The molecular formula is C24H32N4O6. The van der Waals surface area contributed by atoms with Crippen LogP contribution in [0.2, 0.25) is 0 Å². The number of aromatic amines is 1. The highest BCUT2D eigenvalue weighted by atomic mass is 16.5. The largest absolute Gasteiger partial charge is 0.491 e. The summed E-state index contributed by atoms with van der Waals surface area (Å²) < 4.78 is 15.9. The maximum absolute atomic E-state index is 12.6. The molecule has 1 aromatic carbocycles. The molecule has 34 heavy (non-hydrogen) atoms. The van der Waals surface area contributed by atoms with Crippen molar-refractivity contribution in [3.8, 4) is 17.1 Å². The minimum atomic E-state index is -0.377. The second kappa shape index (κ2) is 12.8. The average Bonchev–Trinajstić information content (AvgIpc) is 2.86. The molecule has 184 valence electrons. The molecule has 1 fully saturated rings. The SMILES string of the molecule is CCOCCOc1ccc(-c2nnc(CCC(=O)N3CCC[C@H](C(=O)OCC)C3)c(=O)[nH]2)cc1. The van der Waals surface area contributed by atoms with Crippen LogP contribution in [0.3, 0.4) is 0 Å². The van der Waals surface area contributed by atoms with Crippen molar-refractivity contribution in [1.29, 1.82) is 0 Å². The van der Waals surface area contributed by atoms with Gasteiger partial charge in [-0.3, -0.25) is 14.4 Å². The van der Waals surface area contributed by atoms with Crippen LogP contribution >= 0.6 is 0 Å². The molecule has 10 nitrogen and oxygen atoms in total. The van der Waals surface area contributed by atoms with E-state index >= 15 is 0 Å². The fraction of sp³-hybridized carbons (Fsp3) is 0.542. The maximum atomic E-state index is 12.6. The lowest BCUT2D eigenvalue weighted by molar-refractivity contribution is -0.151. The molecule has 1 aliphatic rings. The van der Waals surface area contributed by atoms with Crippen LogP contribution in [0, 0.1) is 5.92 Å². The molecule has 0 aliphatic carbocycles. The minimum absolute atomic E-state index is 0.112. The average molecular weight is 473 g/mol. The first-order valence-corrected chi connectivity index (χ1v) is 11.7. The number of aromatic nitrogens is 3. The zero-order chi connectivity index (χ0) is 24.3. The Morgan fingerprint density at radius 1 is 1.12 bits per heavy atom. The summed E-state index contributed by atoms with van der Waals surface area (Å²) in [5.74, 6) is 0.370. The van der Waals surface area contributed by atoms with Crippen LogP contribution in [-0.2, 0) is 25.5 Å². The van der Waals surface area contributed by atoms with E-state index in [-0.39, 0.29) is 41.9 Å². The van der Waals surface area contributed by atoms with E-state index < -0.39 is 0 Å². The number of esters is 1. The van der Waals surface area contributed by atoms with Crippen molar-refractivity contribution >= 4 is 11.9 Å². The number of H-pyrrole nitrogens is 1. The van der Waals surface area contributed by atoms with Crippen LogP contribution in [0.25, 0.3) is 11.4 Å². The lowest BCUT2D eigenvalue weighted by Crippen LogP contribution is -2.43. The van der Waals surface area contributed by atoms with Gasteiger partial charge in [0.05, 0.1) is 19.1 Å². The number of rotatable bonds is 11. The van der Waals surface area contributed by atoms with Crippen LogP contribution in [-0.4, -0.2) is 71.5 Å². The third-order valence-corrected chi connectivity index (χ3v) is 5.56. The van der Waals surface area contributed by atoms with Crippen molar-refractivity contribution in [2.24, 2.45) is 5.92 Å². The van der Waals surface area contributed by atoms with Crippen molar-refractivity contribution in [3.63, 3.8) is 0 Å². The maximum Gasteiger partial charge on any atom is 0.310 e. The highest BCUT2D eigenvalue weighted by molar-refractivity contribution is 5.78. The summed E-state index contributed by atoms with van der Waals surface area (Å²) in [6.07, 6.45) is 1.77. The predicted molar refractivity (Wildman–Crippen MR) is 124 cm³/mol. The normalized spacial score (nSPS) is 15.7. The van der Waals surface area contributed by atoms with E-state index in [1.807, 2.05) is 6.92 Å². The van der Waals surface area contributed by atoms with Gasteiger partial charge in [0.1, 0.15) is 18.1 Å². The number of likely N-dealkylation sites (tertiary alicyclic amines) is 1. The molecule has 10 heteroatoms. The zero-order valence-corrected chi connectivity index (χ0v) is 19.7. The monoisotopic (exact) mass is 472 g/mol. The van der Waals surface area contributed by atoms with Crippen molar-refractivity contribution < 1.29 is 23.8 Å². The molecular weight excluding hydrogens is 440 g/mol. The summed E-state index contributed by atoms with van der Waals surface area (Å²) in [6, 6.07) is 7.15. The third-order valence-electron chi connectivity index (χ3n) is 5.56. The van der Waals surface area contributed by atoms with Gasteiger partial charge in [-0.25, -0.2) is 0 Å². The number of carbonyl (C=O) groups is 2. The van der Waals surface area contributed by atoms with Gasteiger partial charge in [0, 0.05) is 38.1 Å². The predicted octanol–water partition coefficient (Wildman–Crippen LogP) is 1.98. The fourth-order valence-corrected chi connectivity index (χ4v) is 3.77. The summed E-state index contributed by atoms with van der Waals surface area (Å²) in [5.41, 5.74) is 0.521. The molecule has 2 heterocycles. The van der Waals surface area contributed by atoms with Gasteiger partial charge in [-0.05, 0) is 51.0 Å². The van der Waals surface area contributed by atoms with Gasteiger partial charge < -0.3 is 24.1 Å². The molecule has 0 unspecified atom stereocenters. The standard InChI is InChI=1S/C24H32N4O6/c1-3-32-14-15-34-19-9-7-17(8-10-19)22-25-23(30)20(26-27-22)11-12-21(29)28-13-5-6-18(16-28)24(31)33-4-2/h7-10,18H,3-6,11-16H2,1-2H3,(H,25,27,30)/t18-/m0/s1. The summed E-state index contributed by atoms with van der Waals surface area (Å²) in [6.45, 7) is 6.59. The van der Waals surface area contributed by atoms with E-state index in [0.717, 1.165) is 12.8 Å². The van der Waals surface area contributed by atoms with Gasteiger partial charge in [-0.15, -0.1) is 10.2 Å². The number of nitrogens with zero attached hydrogens (tertiary/aromatic N) is 3. The summed E-state index contributed by atoms with van der Waals surface area (Å²) in [7, 11) is 0. The van der Waals surface area contributed by atoms with E-state index in [1.165, 1.54) is 0 Å². The van der Waals surface area contributed by atoms with Crippen LogP contribution in [0.15, 0.2) is 29.1 Å². The molecule has 1 saturated heterocycles. The molecule has 3 rings (SSSR count). The van der Waals surface area contributed by atoms with Gasteiger partial charge in [-0.2, -0.15) is 0 Å². The Bertz CT molecular complexity index is 1010. The molecule has 0 bridgehead atoms. The van der Waals surface area contributed by atoms with Crippen molar-refractivity contribution in [2.75, 3.05) is 39.5 Å². The molecule has 0 spiro atoms. The lowest BCUT2D eigenvalue weighted by atomic mass is 9.98. The summed E-state index contributed by atoms with van der Waals surface area (Å²) in [4.78, 5) is 41.5. The lowest BCUT2D eigenvalue weighted by Gasteiger charge is -2.31. The zero-order valence-electron chi connectivity index (χ0n) is 19.7. The highest BCUT2D eigenvalue weighted by Gasteiger charge is 2.29. The highest BCUT2D eigenvalue weighted by Crippen LogP contribution is 2.20. The van der Waals surface area contributed by atoms with Crippen LogP contribution in [0.5, 0.6) is 5.75 Å². The smallest absolute Gasteiger partial charge is 0.310 e. The van der Waals surface area contributed by atoms with E-state index in [2.05, 4.69) is 15.2 Å². The van der Waals surface area contributed by atoms with E-state index in [0.29, 0.717) is 56.7 Å². The number of aryl methyl sites for hydroxylation is 1. The van der Waals surface area contributed by atoms with Crippen LogP contribution < -0.4 is 10.3 Å². The van der Waals surface area contributed by atoms with Crippen LogP contribution in [0.4, 0.5) is 0 Å². The van der Waals surface area contributed by atoms with E-state index in [4.69, 9.17) is 14.2 Å². The second-order valence-electron chi connectivity index (χ2n) is 7.95. The van der Waals surface area contributed by atoms with Crippen molar-refractivity contribution in [3.05, 3.63) is 40.3 Å². The number of piperidine rings is 1. The molecule has 1 aromatic heterocycles. The minimum Gasteiger partial charge on any atom is -0.491 e. The van der Waals surface area contributed by atoms with Crippen molar-refractivity contribution in [1.82, 2.24) is 20.1 Å². The van der Waals surface area contributed by atoms with Crippen molar-refractivity contribution in [2.45, 2.75) is 39.5 Å². The van der Waals surface area contributed by atoms with Gasteiger partial charge >= 0.3 is 5.97 Å². The summed E-state index contributed by atoms with van der Waals surface area (Å²) in [5, 5.41) is 8.16. The van der Waals surface area contributed by atoms with Gasteiger partial charge in [0.15, 0.2) is 5.82 Å². The molecule has 0 radical (unpaired) electrons. The Hall–Kier alpha value is -3.27. The Morgan fingerprint density at radius 3 is 2.62 bits per heavy atom. The number of hydrogen-bond donors (Lipinski definition) is 1. The first kappa shape index (κ1) is 25.4. The number of ether oxygens (including phenoxy) is 3. The molecule has 1 amide bonds. The number of carbonyl (C=O) groups excluding carboxylic acids is 2. The van der Waals surface area contributed by atoms with E-state index in [9.17, 15) is 14.4 Å². The molecule has 2 aromatic rings. The molecule has 1 N–H and O–H groups in total. The second-order valence-corrected chi connectivity index (χ2v) is 7.95. The third kappa shape index (κ3) is 7.11. The number of benzene rings is 1. The molecule has 1 aliphatic heterocycles. The Morgan fingerprint density at radius 2 is 1.91 bits per heavy atom. The summed E-state index contributed by atoms with van der Waals surface area (Å²) >= 11 is 0. The fourth-order valence-electron chi connectivity index (χ4n) is 3.77. The first-order chi connectivity index (χ1) is 16.5. The number of amides is 1. The molecule has 0 saturated carbocycles. The Balaban J connectivity index is 1.53. The van der Waals surface area contributed by atoms with Gasteiger partial charge in [0.2, 0.25) is 5.91 Å². The Kier molecular flexibility index (Phi) is 9.57. The number of nitrogens with one attached hydrogen (secondary N) is 1.